The van der Waals surface area contributed by atoms with Gasteiger partial charge in [0.1, 0.15) is 6.54 Å². The topological polar surface area (TPSA) is 107 Å². The predicted molar refractivity (Wildman–Crippen MR) is 108 cm³/mol. The summed E-state index contributed by atoms with van der Waals surface area (Å²) in [6.07, 6.45) is 3.49. The van der Waals surface area contributed by atoms with Crippen LogP contribution in [0.15, 0.2) is 24.3 Å². The van der Waals surface area contributed by atoms with Crippen LogP contribution in [0.4, 0.5) is 10.5 Å². The van der Waals surface area contributed by atoms with Crippen molar-refractivity contribution in [3.63, 3.8) is 0 Å². The maximum atomic E-state index is 12.7. The minimum atomic E-state index is -0.972. The molecule has 3 rings (SSSR count). The van der Waals surface area contributed by atoms with E-state index in [2.05, 4.69) is 5.32 Å². The lowest BCUT2D eigenvalue weighted by molar-refractivity contribution is -0.145. The van der Waals surface area contributed by atoms with E-state index in [9.17, 15) is 24.0 Å². The fraction of sp³-hybridized carbons (Fsp3) is 0.476. The molecule has 2 aliphatic rings. The van der Waals surface area contributed by atoms with Crippen molar-refractivity contribution in [2.75, 3.05) is 26.0 Å². The Morgan fingerprint density at radius 2 is 1.67 bits per heavy atom. The zero-order chi connectivity index (χ0) is 22.0. The number of hydrogen-bond donors (Lipinski definition) is 1. The molecule has 0 radical (unpaired) electrons. The van der Waals surface area contributed by atoms with Crippen LogP contribution in [0.25, 0.3) is 0 Å². The zero-order valence-electron chi connectivity index (χ0n) is 17.4. The Labute approximate surface area is 175 Å². The van der Waals surface area contributed by atoms with Crippen LogP contribution in [0, 0.1) is 5.92 Å². The van der Waals surface area contributed by atoms with Gasteiger partial charge in [0.25, 0.3) is 5.91 Å². The molecule has 2 fully saturated rings. The largest absolute Gasteiger partial charge is 0.345 e. The first-order valence-electron chi connectivity index (χ1n) is 10.0. The van der Waals surface area contributed by atoms with E-state index < -0.39 is 30.3 Å². The first-order valence-corrected chi connectivity index (χ1v) is 10.0. The molecule has 1 saturated carbocycles. The summed E-state index contributed by atoms with van der Waals surface area (Å²) in [5.41, 5.74) is 0.879. The highest BCUT2D eigenvalue weighted by atomic mass is 16.2. The molecule has 0 spiro atoms. The highest BCUT2D eigenvalue weighted by Crippen LogP contribution is 2.31. The minimum Gasteiger partial charge on any atom is -0.345 e. The van der Waals surface area contributed by atoms with E-state index in [1.54, 1.807) is 38.4 Å². The number of hydrogen-bond acceptors (Lipinski definition) is 5. The molecule has 1 aromatic carbocycles. The average molecular weight is 414 g/mol. The minimum absolute atomic E-state index is 0.122. The molecular formula is C21H26N4O5. The SMILES string of the molecule is C[C@@H]1CCCC[C@H]1N1C(=O)C(=O)N(CC(=O)Nc2ccc(C(=O)N(C)C)cc2)C1=O. The lowest BCUT2D eigenvalue weighted by Gasteiger charge is -2.34. The van der Waals surface area contributed by atoms with Crippen molar-refractivity contribution >= 4 is 35.3 Å². The molecule has 0 aromatic heterocycles. The van der Waals surface area contributed by atoms with Gasteiger partial charge in [0.15, 0.2) is 0 Å². The van der Waals surface area contributed by atoms with Gasteiger partial charge in [-0.3, -0.25) is 24.1 Å². The van der Waals surface area contributed by atoms with Crippen LogP contribution in [0.3, 0.4) is 0 Å². The number of carbonyl (C=O) groups excluding carboxylic acids is 5. The van der Waals surface area contributed by atoms with Gasteiger partial charge in [0.05, 0.1) is 0 Å². The van der Waals surface area contributed by atoms with Crippen LogP contribution in [0.1, 0.15) is 43.0 Å². The molecule has 1 heterocycles. The second-order valence-corrected chi connectivity index (χ2v) is 8.00. The van der Waals surface area contributed by atoms with Crippen LogP contribution < -0.4 is 5.32 Å². The number of benzene rings is 1. The highest BCUT2D eigenvalue weighted by molar-refractivity contribution is 6.45. The summed E-state index contributed by atoms with van der Waals surface area (Å²) in [4.78, 5) is 64.9. The molecule has 9 heteroatoms. The van der Waals surface area contributed by atoms with Crippen molar-refractivity contribution < 1.29 is 24.0 Å². The third-order valence-corrected chi connectivity index (χ3v) is 5.61. The number of nitrogens with one attached hydrogen (secondary N) is 1. The van der Waals surface area contributed by atoms with E-state index in [0.717, 1.165) is 24.2 Å². The number of nitrogens with zero attached hydrogens (tertiary/aromatic N) is 3. The maximum Gasteiger partial charge on any atom is 0.334 e. The van der Waals surface area contributed by atoms with Gasteiger partial charge in [0, 0.05) is 31.4 Å². The Morgan fingerprint density at radius 3 is 2.27 bits per heavy atom. The molecule has 6 amide bonds. The Kier molecular flexibility index (Phi) is 6.19. The molecule has 1 aromatic rings. The standard InChI is InChI=1S/C21H26N4O5/c1-13-6-4-5-7-16(13)25-20(29)19(28)24(21(25)30)12-17(26)22-15-10-8-14(9-11-15)18(27)23(2)3/h8-11,13,16H,4-7,12H2,1-3H3,(H,22,26)/t13-,16-/m1/s1. The van der Waals surface area contributed by atoms with E-state index >= 15 is 0 Å². The van der Waals surface area contributed by atoms with E-state index in [1.165, 1.54) is 4.90 Å². The van der Waals surface area contributed by atoms with E-state index in [-0.39, 0.29) is 17.9 Å². The molecule has 160 valence electrons. The number of carbonyl (C=O) groups is 5. The van der Waals surface area contributed by atoms with Gasteiger partial charge in [-0.1, -0.05) is 19.8 Å². The van der Waals surface area contributed by atoms with Gasteiger partial charge in [-0.05, 0) is 43.0 Å². The van der Waals surface area contributed by atoms with Crippen LogP contribution in [-0.4, -0.2) is 71.0 Å². The summed E-state index contributed by atoms with van der Waals surface area (Å²) < 4.78 is 0. The summed E-state index contributed by atoms with van der Waals surface area (Å²) in [6, 6.07) is 5.22. The van der Waals surface area contributed by atoms with Crippen molar-refractivity contribution in [3.05, 3.63) is 29.8 Å². The molecule has 9 nitrogen and oxygen atoms in total. The number of imide groups is 2. The van der Waals surface area contributed by atoms with Gasteiger partial charge in [-0.2, -0.15) is 0 Å². The first kappa shape index (κ1) is 21.5. The number of urea groups is 1. The normalized spacial score (nSPS) is 21.8. The van der Waals surface area contributed by atoms with E-state index in [0.29, 0.717) is 22.6 Å². The smallest absolute Gasteiger partial charge is 0.334 e. The van der Waals surface area contributed by atoms with E-state index in [1.807, 2.05) is 6.92 Å². The Hall–Kier alpha value is -3.23. The molecule has 1 aliphatic heterocycles. The fourth-order valence-electron chi connectivity index (χ4n) is 3.93. The average Bonchev–Trinajstić information content (AvgIpc) is 2.92. The van der Waals surface area contributed by atoms with Crippen molar-refractivity contribution in [1.82, 2.24) is 14.7 Å². The van der Waals surface area contributed by atoms with Crippen molar-refractivity contribution in [1.29, 1.82) is 0 Å². The molecule has 1 aliphatic carbocycles. The molecular weight excluding hydrogens is 388 g/mol. The van der Waals surface area contributed by atoms with Gasteiger partial charge in [-0.15, -0.1) is 0 Å². The van der Waals surface area contributed by atoms with Crippen molar-refractivity contribution in [3.8, 4) is 0 Å². The molecule has 2 atom stereocenters. The Morgan fingerprint density at radius 1 is 1.03 bits per heavy atom. The zero-order valence-corrected chi connectivity index (χ0v) is 17.4. The molecule has 0 bridgehead atoms. The van der Waals surface area contributed by atoms with Gasteiger partial charge in [0.2, 0.25) is 5.91 Å². The Bertz CT molecular complexity index is 880. The maximum absolute atomic E-state index is 12.7. The van der Waals surface area contributed by atoms with Gasteiger partial charge >= 0.3 is 17.8 Å². The second kappa shape index (κ2) is 8.64. The number of anilines is 1. The van der Waals surface area contributed by atoms with Crippen molar-refractivity contribution in [2.24, 2.45) is 5.92 Å². The molecule has 0 unspecified atom stereocenters. The van der Waals surface area contributed by atoms with Crippen molar-refractivity contribution in [2.45, 2.75) is 38.6 Å². The monoisotopic (exact) mass is 414 g/mol. The summed E-state index contributed by atoms with van der Waals surface area (Å²) in [5, 5.41) is 2.58. The fourth-order valence-corrected chi connectivity index (χ4v) is 3.93. The predicted octanol–water partition coefficient (Wildman–Crippen LogP) is 1.70. The lowest BCUT2D eigenvalue weighted by Crippen LogP contribution is -2.46. The summed E-state index contributed by atoms with van der Waals surface area (Å²) in [6.45, 7) is 1.42. The quantitative estimate of drug-likeness (QED) is 0.583. The van der Waals surface area contributed by atoms with Crippen LogP contribution >= 0.6 is 0 Å². The molecule has 1 saturated heterocycles. The van der Waals surface area contributed by atoms with Crippen LogP contribution in [0.2, 0.25) is 0 Å². The molecule has 1 N–H and O–H groups in total. The molecule has 30 heavy (non-hydrogen) atoms. The first-order chi connectivity index (χ1) is 14.2. The number of rotatable bonds is 5. The third kappa shape index (κ3) is 4.19. The third-order valence-electron chi connectivity index (χ3n) is 5.61. The number of amides is 6. The summed E-state index contributed by atoms with van der Waals surface area (Å²) in [7, 11) is 3.28. The highest BCUT2D eigenvalue weighted by Gasteiger charge is 2.49. The Balaban J connectivity index is 1.65. The lowest BCUT2D eigenvalue weighted by atomic mass is 9.85. The van der Waals surface area contributed by atoms with Crippen LogP contribution in [-0.2, 0) is 14.4 Å². The van der Waals surface area contributed by atoms with Gasteiger partial charge in [-0.25, -0.2) is 9.69 Å². The summed E-state index contributed by atoms with van der Waals surface area (Å²) >= 11 is 0. The van der Waals surface area contributed by atoms with E-state index in [4.69, 9.17) is 0 Å². The second-order valence-electron chi connectivity index (χ2n) is 8.00. The van der Waals surface area contributed by atoms with Crippen LogP contribution in [0.5, 0.6) is 0 Å². The summed E-state index contributed by atoms with van der Waals surface area (Å²) in [5.74, 6) is -2.49. The van der Waals surface area contributed by atoms with Gasteiger partial charge < -0.3 is 10.2 Å².